The summed E-state index contributed by atoms with van der Waals surface area (Å²) in [5.41, 5.74) is 0.495. The first-order valence-corrected chi connectivity index (χ1v) is 4.60. The van der Waals surface area contributed by atoms with Crippen molar-refractivity contribution in [3.8, 4) is 0 Å². The Bertz CT molecular complexity index is 219. The molecule has 3 aliphatic rings. The van der Waals surface area contributed by atoms with Crippen molar-refractivity contribution >= 4 is 0 Å². The second-order valence-electron chi connectivity index (χ2n) is 4.73. The van der Waals surface area contributed by atoms with E-state index in [0.29, 0.717) is 11.5 Å². The highest BCUT2D eigenvalue weighted by atomic mass is 16.5. The van der Waals surface area contributed by atoms with E-state index < -0.39 is 0 Å². The van der Waals surface area contributed by atoms with Crippen LogP contribution < -0.4 is 0 Å². The minimum atomic E-state index is 0.0698. The number of ether oxygens (including phenoxy) is 1. The third-order valence-electron chi connectivity index (χ3n) is 3.07. The molecule has 3 aliphatic carbocycles. The van der Waals surface area contributed by atoms with Gasteiger partial charge in [0.15, 0.2) is 0 Å². The van der Waals surface area contributed by atoms with Crippen molar-refractivity contribution in [3.63, 3.8) is 0 Å². The topological polar surface area (TPSA) is 13.6 Å². The zero-order chi connectivity index (χ0) is 8.82. The Kier molecular flexibility index (Phi) is 1.50. The van der Waals surface area contributed by atoms with Crippen LogP contribution in [0.3, 0.4) is 0 Å². The Morgan fingerprint density at radius 3 is 2.42 bits per heavy atom. The molecule has 3 fully saturated rings. The number of hydrogen-bond acceptors (Lipinski definition) is 1. The number of nitrogens with zero attached hydrogens (tertiary/aromatic N) is 1. The fourth-order valence-electron chi connectivity index (χ4n) is 2.55. The van der Waals surface area contributed by atoms with E-state index >= 15 is 0 Å². The van der Waals surface area contributed by atoms with E-state index in [0.717, 1.165) is 25.9 Å². The van der Waals surface area contributed by atoms with Gasteiger partial charge in [0.25, 0.3) is 0 Å². The first kappa shape index (κ1) is 8.07. The summed E-state index contributed by atoms with van der Waals surface area (Å²) in [5, 5.41) is 0. The van der Waals surface area contributed by atoms with Crippen molar-refractivity contribution in [1.29, 1.82) is 0 Å². The van der Waals surface area contributed by atoms with Gasteiger partial charge in [-0.25, -0.2) is 6.57 Å². The molecule has 2 nitrogen and oxygen atoms in total. The van der Waals surface area contributed by atoms with E-state index in [4.69, 9.17) is 11.3 Å². The van der Waals surface area contributed by atoms with Crippen LogP contribution in [0.2, 0.25) is 0 Å². The molecule has 2 bridgehead atoms. The van der Waals surface area contributed by atoms with Gasteiger partial charge in [0.2, 0.25) is 5.54 Å². The highest BCUT2D eigenvalue weighted by Gasteiger charge is 2.74. The van der Waals surface area contributed by atoms with Gasteiger partial charge in [0, 0.05) is 24.7 Å². The molecular weight excluding hydrogens is 150 g/mol. The number of rotatable bonds is 3. The van der Waals surface area contributed by atoms with Crippen molar-refractivity contribution in [2.75, 3.05) is 6.61 Å². The van der Waals surface area contributed by atoms with Crippen molar-refractivity contribution in [3.05, 3.63) is 11.4 Å². The lowest BCUT2D eigenvalue weighted by Crippen LogP contribution is -2.67. The van der Waals surface area contributed by atoms with E-state index in [2.05, 4.69) is 18.7 Å². The standard InChI is InChI=1S/C10H15NO/c1-8(2)12-7-9-4-10(5-9,6-9)11-3/h8H,4-7H2,1-2H3. The Hall–Kier alpha value is -0.550. The Morgan fingerprint density at radius 2 is 2.00 bits per heavy atom. The van der Waals surface area contributed by atoms with Gasteiger partial charge in [-0.2, -0.15) is 0 Å². The van der Waals surface area contributed by atoms with Crippen LogP contribution in [-0.2, 0) is 4.74 Å². The smallest absolute Gasteiger partial charge is 0.234 e. The Balaban J connectivity index is 1.78. The normalized spacial score (nSPS) is 43.2. The molecule has 0 saturated heterocycles. The SMILES string of the molecule is [C-]#[N+]C12CC(COC(C)C)(C1)C2. The molecule has 0 aliphatic heterocycles. The molecule has 0 spiro atoms. The fraction of sp³-hybridized carbons (Fsp3) is 0.900. The molecule has 0 aromatic rings. The molecule has 3 saturated carbocycles. The predicted octanol–water partition coefficient (Wildman–Crippen LogP) is 2.25. The molecule has 0 atom stereocenters. The summed E-state index contributed by atoms with van der Waals surface area (Å²) >= 11 is 0. The largest absolute Gasteiger partial charge is 0.378 e. The molecule has 0 aromatic carbocycles. The lowest BCUT2D eigenvalue weighted by molar-refractivity contribution is -0.161. The van der Waals surface area contributed by atoms with Crippen LogP contribution in [0.25, 0.3) is 4.85 Å². The van der Waals surface area contributed by atoms with Crippen LogP contribution >= 0.6 is 0 Å². The maximum absolute atomic E-state index is 6.98. The van der Waals surface area contributed by atoms with Gasteiger partial charge < -0.3 is 9.58 Å². The highest BCUT2D eigenvalue weighted by Crippen LogP contribution is 2.69. The zero-order valence-corrected chi connectivity index (χ0v) is 7.76. The molecule has 0 unspecified atom stereocenters. The van der Waals surface area contributed by atoms with E-state index in [1.165, 1.54) is 0 Å². The predicted molar refractivity (Wildman–Crippen MR) is 46.7 cm³/mol. The highest BCUT2D eigenvalue weighted by molar-refractivity contribution is 5.28. The minimum Gasteiger partial charge on any atom is -0.378 e. The molecule has 3 rings (SSSR count). The zero-order valence-electron chi connectivity index (χ0n) is 7.76. The monoisotopic (exact) mass is 165 g/mol. The second-order valence-corrected chi connectivity index (χ2v) is 4.73. The third-order valence-corrected chi connectivity index (χ3v) is 3.07. The van der Waals surface area contributed by atoms with Gasteiger partial charge in [0.05, 0.1) is 12.7 Å². The van der Waals surface area contributed by atoms with Crippen molar-refractivity contribution < 1.29 is 4.74 Å². The molecule has 0 N–H and O–H groups in total. The summed E-state index contributed by atoms with van der Waals surface area (Å²) in [6, 6.07) is 0. The van der Waals surface area contributed by atoms with E-state index in [9.17, 15) is 0 Å². The third kappa shape index (κ3) is 0.964. The molecule has 66 valence electrons. The Labute approximate surface area is 73.7 Å². The molecule has 2 heteroatoms. The van der Waals surface area contributed by atoms with Gasteiger partial charge in [-0.05, 0) is 13.8 Å². The quantitative estimate of drug-likeness (QED) is 0.585. The van der Waals surface area contributed by atoms with Crippen LogP contribution in [-0.4, -0.2) is 18.2 Å². The fourth-order valence-corrected chi connectivity index (χ4v) is 2.55. The van der Waals surface area contributed by atoms with Crippen LogP contribution in [0.1, 0.15) is 33.1 Å². The molecule has 0 aromatic heterocycles. The van der Waals surface area contributed by atoms with E-state index in [1.807, 2.05) is 0 Å². The molecular formula is C10H15NO. The van der Waals surface area contributed by atoms with Crippen molar-refractivity contribution in [2.24, 2.45) is 5.41 Å². The molecule has 0 radical (unpaired) electrons. The van der Waals surface area contributed by atoms with Crippen LogP contribution in [0.15, 0.2) is 0 Å². The second kappa shape index (κ2) is 2.23. The molecule has 12 heavy (non-hydrogen) atoms. The van der Waals surface area contributed by atoms with Gasteiger partial charge in [-0.1, -0.05) is 0 Å². The van der Waals surface area contributed by atoms with Gasteiger partial charge in [-0.15, -0.1) is 0 Å². The average molecular weight is 165 g/mol. The summed E-state index contributed by atoms with van der Waals surface area (Å²) in [6.45, 7) is 12.0. The molecule has 0 heterocycles. The van der Waals surface area contributed by atoms with Crippen molar-refractivity contribution in [1.82, 2.24) is 0 Å². The van der Waals surface area contributed by atoms with E-state index in [1.54, 1.807) is 0 Å². The van der Waals surface area contributed by atoms with Gasteiger partial charge in [0.1, 0.15) is 0 Å². The van der Waals surface area contributed by atoms with E-state index in [-0.39, 0.29) is 5.54 Å². The van der Waals surface area contributed by atoms with Gasteiger partial charge in [-0.3, -0.25) is 0 Å². The number of hydrogen-bond donors (Lipinski definition) is 0. The lowest BCUT2D eigenvalue weighted by Gasteiger charge is -2.61. The maximum Gasteiger partial charge on any atom is 0.234 e. The molecule has 0 amide bonds. The van der Waals surface area contributed by atoms with Crippen LogP contribution in [0, 0.1) is 12.0 Å². The summed E-state index contributed by atoms with van der Waals surface area (Å²) in [5.74, 6) is 0. The van der Waals surface area contributed by atoms with Crippen molar-refractivity contribution in [2.45, 2.75) is 44.8 Å². The Morgan fingerprint density at radius 1 is 1.42 bits per heavy atom. The average Bonchev–Trinajstić information content (AvgIpc) is 1.82. The first-order valence-electron chi connectivity index (χ1n) is 4.60. The van der Waals surface area contributed by atoms with Crippen LogP contribution in [0.4, 0.5) is 0 Å². The summed E-state index contributed by atoms with van der Waals surface area (Å²) in [7, 11) is 0. The van der Waals surface area contributed by atoms with Crippen LogP contribution in [0.5, 0.6) is 0 Å². The maximum atomic E-state index is 6.98. The minimum absolute atomic E-state index is 0.0698. The summed E-state index contributed by atoms with van der Waals surface area (Å²) in [6.07, 6.45) is 3.62. The first-order chi connectivity index (χ1) is 5.60. The summed E-state index contributed by atoms with van der Waals surface area (Å²) < 4.78 is 5.57. The lowest BCUT2D eigenvalue weighted by atomic mass is 9.40. The van der Waals surface area contributed by atoms with Gasteiger partial charge >= 0.3 is 0 Å². The summed E-state index contributed by atoms with van der Waals surface area (Å²) in [4.78, 5) is 3.66.